The van der Waals surface area contributed by atoms with Crippen molar-refractivity contribution in [3.05, 3.63) is 0 Å². The number of rotatable bonds is 6. The Hall–Kier alpha value is -0.520. The molecule has 4 saturated heterocycles. The zero-order valence-corrected chi connectivity index (χ0v) is 31.2. The van der Waals surface area contributed by atoms with Crippen LogP contribution in [0, 0.1) is 52.3 Å². The first-order chi connectivity index (χ1) is 24.7. The van der Waals surface area contributed by atoms with Crippen LogP contribution in [0.3, 0.4) is 0 Å². The van der Waals surface area contributed by atoms with Crippen molar-refractivity contribution in [3.63, 3.8) is 0 Å². The van der Waals surface area contributed by atoms with Crippen LogP contribution >= 0.6 is 0 Å². The zero-order chi connectivity index (χ0) is 36.9. The lowest BCUT2D eigenvalue weighted by molar-refractivity contribution is -0.370. The van der Waals surface area contributed by atoms with Crippen molar-refractivity contribution in [2.24, 2.45) is 52.3 Å². The van der Waals surface area contributed by atoms with E-state index in [0.717, 1.165) is 44.9 Å². The summed E-state index contributed by atoms with van der Waals surface area (Å²) in [6.45, 7) is 9.21. The molecule has 4 heterocycles. The first-order valence-corrected chi connectivity index (χ1v) is 20.3. The standard InChI is InChI=1S/C39H64O13/c1-18-28-26(52-39(18)12-7-20(15-40)17-47-39)14-25-23-6-5-21-13-22(8-10-37(21,3)24(23)9-11-38(25,28)4)49-36-34(32(45)29(42)19(2)48-36)51-35-33(46)31(44)30(43)27(16-41)50-35/h18-36,40-46H,5-17H2,1-4H3/t18-,19-,20+,21-,22+,23+,24-,25-,26-,27+,28-,29-,30+,31-,32+,33+,34+,35-,36-,37-,38-,39+/m0/s1. The average Bonchev–Trinajstić information content (AvgIpc) is 3.58. The molecule has 0 amide bonds. The lowest BCUT2D eigenvalue weighted by Crippen LogP contribution is -2.64. The van der Waals surface area contributed by atoms with Crippen molar-refractivity contribution >= 4 is 0 Å². The van der Waals surface area contributed by atoms with Crippen molar-refractivity contribution in [1.82, 2.24) is 0 Å². The minimum atomic E-state index is -1.67. The van der Waals surface area contributed by atoms with Crippen LogP contribution in [-0.2, 0) is 28.4 Å². The van der Waals surface area contributed by atoms with Crippen LogP contribution in [0.2, 0.25) is 0 Å². The summed E-state index contributed by atoms with van der Waals surface area (Å²) >= 11 is 0. The van der Waals surface area contributed by atoms with Gasteiger partial charge in [0, 0.05) is 24.9 Å². The fourth-order valence-electron chi connectivity index (χ4n) is 13.2. The predicted molar refractivity (Wildman–Crippen MR) is 183 cm³/mol. The second-order valence-corrected chi connectivity index (χ2v) is 18.6. The van der Waals surface area contributed by atoms with Crippen molar-refractivity contribution < 1.29 is 64.2 Å². The van der Waals surface area contributed by atoms with Gasteiger partial charge in [0.05, 0.1) is 31.5 Å². The lowest BCUT2D eigenvalue weighted by Gasteiger charge is -2.61. The molecule has 0 radical (unpaired) electrons. The van der Waals surface area contributed by atoms with Gasteiger partial charge in [-0.1, -0.05) is 20.8 Å². The molecule has 13 nitrogen and oxygen atoms in total. The number of ether oxygens (including phenoxy) is 6. The van der Waals surface area contributed by atoms with Crippen molar-refractivity contribution in [1.29, 1.82) is 0 Å². The number of hydrogen-bond donors (Lipinski definition) is 7. The second-order valence-electron chi connectivity index (χ2n) is 18.6. The van der Waals surface area contributed by atoms with E-state index in [9.17, 15) is 35.7 Å². The third-order valence-corrected chi connectivity index (χ3v) is 16.3. The molecule has 0 aromatic heterocycles. The van der Waals surface area contributed by atoms with Crippen LogP contribution < -0.4 is 0 Å². The molecule has 4 aliphatic carbocycles. The van der Waals surface area contributed by atoms with Crippen molar-refractivity contribution in [2.45, 2.75) is 171 Å². The molecule has 4 aliphatic heterocycles. The van der Waals surface area contributed by atoms with Crippen LogP contribution in [0.1, 0.15) is 91.9 Å². The molecule has 8 fully saturated rings. The van der Waals surface area contributed by atoms with Crippen LogP contribution in [0.4, 0.5) is 0 Å². The number of fused-ring (bicyclic) bond motifs is 7. The van der Waals surface area contributed by atoms with Gasteiger partial charge in [-0.2, -0.15) is 0 Å². The van der Waals surface area contributed by atoms with Crippen LogP contribution in [0.5, 0.6) is 0 Å². The Kier molecular flexibility index (Phi) is 10.4. The minimum absolute atomic E-state index is 0.166. The lowest BCUT2D eigenvalue weighted by atomic mass is 9.44. The maximum Gasteiger partial charge on any atom is 0.187 e. The minimum Gasteiger partial charge on any atom is -0.396 e. The molecule has 1 spiro atoms. The van der Waals surface area contributed by atoms with Crippen molar-refractivity contribution in [2.75, 3.05) is 19.8 Å². The largest absolute Gasteiger partial charge is 0.396 e. The summed E-state index contributed by atoms with van der Waals surface area (Å²) in [6.07, 6.45) is -2.94. The van der Waals surface area contributed by atoms with Gasteiger partial charge in [-0.3, -0.25) is 0 Å². The van der Waals surface area contributed by atoms with Gasteiger partial charge in [0.1, 0.15) is 42.7 Å². The Morgan fingerprint density at radius 3 is 2.17 bits per heavy atom. The van der Waals surface area contributed by atoms with Gasteiger partial charge in [-0.25, -0.2) is 0 Å². The highest BCUT2D eigenvalue weighted by Crippen LogP contribution is 2.71. The van der Waals surface area contributed by atoms with E-state index in [1.807, 2.05) is 0 Å². The Morgan fingerprint density at radius 2 is 1.46 bits per heavy atom. The van der Waals surface area contributed by atoms with E-state index >= 15 is 0 Å². The molecular weight excluding hydrogens is 676 g/mol. The van der Waals surface area contributed by atoms with Gasteiger partial charge in [0.25, 0.3) is 0 Å². The summed E-state index contributed by atoms with van der Waals surface area (Å²) in [7, 11) is 0. The molecule has 0 aromatic rings. The monoisotopic (exact) mass is 740 g/mol. The van der Waals surface area contributed by atoms with E-state index < -0.39 is 73.8 Å². The predicted octanol–water partition coefficient (Wildman–Crippen LogP) is 1.44. The number of aliphatic hydroxyl groups excluding tert-OH is 7. The highest BCUT2D eigenvalue weighted by atomic mass is 16.8. The first-order valence-electron chi connectivity index (χ1n) is 20.3. The number of hydrogen-bond acceptors (Lipinski definition) is 13. The smallest absolute Gasteiger partial charge is 0.187 e. The Bertz CT molecular complexity index is 1260. The molecule has 0 unspecified atom stereocenters. The van der Waals surface area contributed by atoms with E-state index in [0.29, 0.717) is 42.1 Å². The van der Waals surface area contributed by atoms with Crippen molar-refractivity contribution in [3.8, 4) is 0 Å². The molecule has 13 heteroatoms. The van der Waals surface area contributed by atoms with Crippen LogP contribution in [-0.4, -0.2) is 135 Å². The number of aliphatic hydroxyl groups is 7. The molecule has 8 rings (SSSR count). The Balaban J connectivity index is 0.929. The molecule has 8 aliphatic rings. The highest BCUT2D eigenvalue weighted by molar-refractivity contribution is 5.15. The third-order valence-electron chi connectivity index (χ3n) is 16.3. The Labute approximate surface area is 307 Å². The maximum absolute atomic E-state index is 11.1. The SMILES string of the molecule is C[C@@H]1O[C@@H](O[C@@H]2CC[C@@]3(C)[C@@H](CC[C@@H]4[C@@H]3CC[C@]3(C)[C@@H]5[C@H](C[C@@H]43)O[C@]3(CC[C@H](CO)CO3)[C@H]5C)C2)[C@H](O[C@@H]2O[C@H](CO)[C@@H](O)[C@H](O)[C@H]2O)[C@H](O)[C@H]1O. The molecule has 22 atom stereocenters. The van der Waals surface area contributed by atoms with Crippen LogP contribution in [0.15, 0.2) is 0 Å². The van der Waals surface area contributed by atoms with E-state index in [4.69, 9.17) is 28.4 Å². The fraction of sp³-hybridized carbons (Fsp3) is 1.00. The van der Waals surface area contributed by atoms with E-state index in [1.165, 1.54) is 19.3 Å². The maximum atomic E-state index is 11.1. The normalized spacial score (nSPS) is 59.0. The fourth-order valence-corrected chi connectivity index (χ4v) is 13.2. The van der Waals surface area contributed by atoms with Gasteiger partial charge >= 0.3 is 0 Å². The summed E-state index contributed by atoms with van der Waals surface area (Å²) < 4.78 is 37.6. The van der Waals surface area contributed by atoms with Gasteiger partial charge in [-0.15, -0.1) is 0 Å². The second kappa shape index (κ2) is 14.1. The summed E-state index contributed by atoms with van der Waals surface area (Å²) in [5, 5.41) is 72.4. The Morgan fingerprint density at radius 1 is 0.692 bits per heavy atom. The molecule has 298 valence electrons. The summed E-state index contributed by atoms with van der Waals surface area (Å²) in [4.78, 5) is 0. The topological polar surface area (TPSA) is 197 Å². The molecule has 7 N–H and O–H groups in total. The highest BCUT2D eigenvalue weighted by Gasteiger charge is 2.69. The summed E-state index contributed by atoms with van der Waals surface area (Å²) in [6, 6.07) is 0. The van der Waals surface area contributed by atoms with Gasteiger partial charge in [0.2, 0.25) is 0 Å². The van der Waals surface area contributed by atoms with Gasteiger partial charge in [-0.05, 0) is 105 Å². The molecule has 4 saturated carbocycles. The van der Waals surface area contributed by atoms with E-state index in [2.05, 4.69) is 20.8 Å². The average molecular weight is 741 g/mol. The molecule has 52 heavy (non-hydrogen) atoms. The zero-order valence-electron chi connectivity index (χ0n) is 31.2. The summed E-state index contributed by atoms with van der Waals surface area (Å²) in [5.74, 6) is 2.93. The van der Waals surface area contributed by atoms with Crippen LogP contribution in [0.25, 0.3) is 0 Å². The van der Waals surface area contributed by atoms with Gasteiger partial charge in [0.15, 0.2) is 18.4 Å². The quantitative estimate of drug-likeness (QED) is 0.194. The molecule has 0 bridgehead atoms. The molecule has 0 aromatic carbocycles. The summed E-state index contributed by atoms with van der Waals surface area (Å²) in [5.41, 5.74) is 0.412. The third kappa shape index (κ3) is 5.98. The van der Waals surface area contributed by atoms with E-state index in [-0.39, 0.29) is 35.6 Å². The van der Waals surface area contributed by atoms with E-state index in [1.54, 1.807) is 6.92 Å². The first kappa shape index (κ1) is 38.4. The van der Waals surface area contributed by atoms with Gasteiger partial charge < -0.3 is 64.2 Å². The molecular formula is C39H64O13.